The number of amides is 1. The molecule has 0 radical (unpaired) electrons. The summed E-state index contributed by atoms with van der Waals surface area (Å²) in [4.78, 5) is 15.2. The molecule has 1 N–H and O–H groups in total. The highest BCUT2D eigenvalue weighted by atomic mass is 32.1. The summed E-state index contributed by atoms with van der Waals surface area (Å²) in [7, 11) is 0. The smallest absolute Gasteiger partial charge is 0.264 e. The second-order valence-corrected chi connectivity index (χ2v) is 6.04. The number of carbonyl (C=O) groups is 1. The summed E-state index contributed by atoms with van der Waals surface area (Å²) in [6, 6.07) is 10.3. The number of hydrogen-bond donors (Lipinski definition) is 1. The van der Waals surface area contributed by atoms with Crippen LogP contribution in [0.3, 0.4) is 0 Å². The van der Waals surface area contributed by atoms with Crippen LogP contribution in [0.25, 0.3) is 10.1 Å². The van der Waals surface area contributed by atoms with Gasteiger partial charge in [0.05, 0.1) is 11.5 Å². The van der Waals surface area contributed by atoms with Gasteiger partial charge in [-0.15, -0.1) is 11.3 Å². The Morgan fingerprint density at radius 3 is 2.79 bits per heavy atom. The lowest BCUT2D eigenvalue weighted by Crippen LogP contribution is -2.45. The van der Waals surface area contributed by atoms with E-state index in [0.29, 0.717) is 12.6 Å². The molecule has 1 aliphatic rings. The number of aliphatic hydroxyl groups is 1. The first-order valence-electron chi connectivity index (χ1n) is 6.70. The number of nitrogens with zero attached hydrogens (tertiary/aromatic N) is 1. The maximum absolute atomic E-state index is 12.6. The van der Waals surface area contributed by atoms with Gasteiger partial charge in [-0.25, -0.2) is 0 Å². The predicted octanol–water partition coefficient (Wildman–Crippen LogP) is 2.89. The standard InChI is InChI=1S/C15H17NO2S/c17-9-8-16(12-5-3-6-12)15(18)14-10-11-4-1-2-7-13(11)19-14/h1-2,4,7,10,12,17H,3,5-6,8-9H2. The average molecular weight is 275 g/mol. The topological polar surface area (TPSA) is 40.5 Å². The fourth-order valence-electron chi connectivity index (χ4n) is 2.48. The summed E-state index contributed by atoms with van der Waals surface area (Å²) in [6.07, 6.45) is 3.32. The number of thiophene rings is 1. The lowest BCUT2D eigenvalue weighted by atomic mass is 9.91. The minimum Gasteiger partial charge on any atom is -0.395 e. The van der Waals surface area contributed by atoms with E-state index < -0.39 is 0 Å². The van der Waals surface area contributed by atoms with Gasteiger partial charge in [-0.3, -0.25) is 4.79 Å². The van der Waals surface area contributed by atoms with E-state index in [1.165, 1.54) is 17.8 Å². The fourth-order valence-corrected chi connectivity index (χ4v) is 3.50. The molecule has 1 aromatic carbocycles. The summed E-state index contributed by atoms with van der Waals surface area (Å²) in [5, 5.41) is 10.3. The third-order valence-corrected chi connectivity index (χ3v) is 4.86. The van der Waals surface area contributed by atoms with Crippen LogP contribution in [0.5, 0.6) is 0 Å². The van der Waals surface area contributed by atoms with Gasteiger partial charge in [-0.2, -0.15) is 0 Å². The highest BCUT2D eigenvalue weighted by molar-refractivity contribution is 7.20. The van der Waals surface area contributed by atoms with E-state index in [1.54, 1.807) is 0 Å². The molecule has 100 valence electrons. The molecule has 19 heavy (non-hydrogen) atoms. The molecule has 4 heteroatoms. The Labute approximate surface area is 116 Å². The van der Waals surface area contributed by atoms with Crippen molar-refractivity contribution in [3.63, 3.8) is 0 Å². The van der Waals surface area contributed by atoms with Gasteiger partial charge in [0.15, 0.2) is 0 Å². The molecule has 0 saturated heterocycles. The van der Waals surface area contributed by atoms with Crippen LogP contribution in [0.15, 0.2) is 30.3 Å². The maximum atomic E-state index is 12.6. The maximum Gasteiger partial charge on any atom is 0.264 e. The predicted molar refractivity (Wildman–Crippen MR) is 77.6 cm³/mol. The van der Waals surface area contributed by atoms with Gasteiger partial charge in [-0.05, 0) is 36.8 Å². The molecular weight excluding hydrogens is 258 g/mol. The highest BCUT2D eigenvalue weighted by Crippen LogP contribution is 2.30. The summed E-state index contributed by atoms with van der Waals surface area (Å²) in [6.45, 7) is 0.477. The monoisotopic (exact) mass is 275 g/mol. The Kier molecular flexibility index (Phi) is 3.53. The highest BCUT2D eigenvalue weighted by Gasteiger charge is 2.29. The third kappa shape index (κ3) is 2.38. The molecule has 3 rings (SSSR count). The van der Waals surface area contributed by atoms with Crippen LogP contribution in [-0.4, -0.2) is 35.1 Å². The van der Waals surface area contributed by atoms with Gasteiger partial charge >= 0.3 is 0 Å². The first kappa shape index (κ1) is 12.6. The minimum atomic E-state index is 0.0349. The molecule has 1 heterocycles. The Bertz CT molecular complexity index is 556. The lowest BCUT2D eigenvalue weighted by Gasteiger charge is -2.37. The van der Waals surface area contributed by atoms with Crippen molar-refractivity contribution in [3.8, 4) is 0 Å². The third-order valence-electron chi connectivity index (χ3n) is 3.75. The molecule has 1 fully saturated rings. The van der Waals surface area contributed by atoms with Crippen LogP contribution in [0.2, 0.25) is 0 Å². The van der Waals surface area contributed by atoms with Gasteiger partial charge in [-0.1, -0.05) is 18.2 Å². The first-order valence-corrected chi connectivity index (χ1v) is 7.51. The van der Waals surface area contributed by atoms with E-state index in [-0.39, 0.29) is 12.5 Å². The van der Waals surface area contributed by atoms with Crippen LogP contribution in [0.4, 0.5) is 0 Å². The molecule has 0 bridgehead atoms. The largest absolute Gasteiger partial charge is 0.395 e. The quantitative estimate of drug-likeness (QED) is 0.932. The molecule has 1 aromatic heterocycles. The van der Waals surface area contributed by atoms with Crippen molar-refractivity contribution in [2.45, 2.75) is 25.3 Å². The Balaban J connectivity index is 1.87. The second kappa shape index (κ2) is 5.31. The SMILES string of the molecule is O=C(c1cc2ccccc2s1)N(CCO)C1CCC1. The molecule has 0 aliphatic heterocycles. The first-order chi connectivity index (χ1) is 9.29. The minimum absolute atomic E-state index is 0.0349. The molecular formula is C15H17NO2S. The number of benzene rings is 1. The van der Waals surface area contributed by atoms with Crippen LogP contribution >= 0.6 is 11.3 Å². The Morgan fingerprint density at radius 2 is 2.16 bits per heavy atom. The van der Waals surface area contributed by atoms with Crippen molar-refractivity contribution in [3.05, 3.63) is 35.2 Å². The van der Waals surface area contributed by atoms with Crippen molar-refractivity contribution in [2.24, 2.45) is 0 Å². The van der Waals surface area contributed by atoms with Crippen molar-refractivity contribution in [2.75, 3.05) is 13.2 Å². The van der Waals surface area contributed by atoms with Gasteiger partial charge in [0, 0.05) is 17.3 Å². The molecule has 0 spiro atoms. The van der Waals surface area contributed by atoms with Crippen molar-refractivity contribution >= 4 is 27.3 Å². The fraction of sp³-hybridized carbons (Fsp3) is 0.400. The Hall–Kier alpha value is -1.39. The number of fused-ring (bicyclic) bond motifs is 1. The van der Waals surface area contributed by atoms with E-state index >= 15 is 0 Å². The summed E-state index contributed by atoms with van der Waals surface area (Å²) in [5.41, 5.74) is 0. The molecule has 0 unspecified atom stereocenters. The van der Waals surface area contributed by atoms with E-state index in [4.69, 9.17) is 5.11 Å². The molecule has 1 amide bonds. The molecule has 1 saturated carbocycles. The van der Waals surface area contributed by atoms with Gasteiger partial charge < -0.3 is 10.0 Å². The normalized spacial score (nSPS) is 15.4. The summed E-state index contributed by atoms with van der Waals surface area (Å²) in [5.74, 6) is 0.0694. The lowest BCUT2D eigenvalue weighted by molar-refractivity contribution is 0.0531. The molecule has 1 aliphatic carbocycles. The van der Waals surface area contributed by atoms with Gasteiger partial charge in [0.2, 0.25) is 0 Å². The number of aliphatic hydroxyl groups excluding tert-OH is 1. The molecule has 0 atom stereocenters. The van der Waals surface area contributed by atoms with E-state index in [2.05, 4.69) is 0 Å². The van der Waals surface area contributed by atoms with Crippen molar-refractivity contribution in [1.29, 1.82) is 0 Å². The molecule has 2 aromatic rings. The number of carbonyl (C=O) groups excluding carboxylic acids is 1. The zero-order valence-electron chi connectivity index (χ0n) is 10.7. The number of hydrogen-bond acceptors (Lipinski definition) is 3. The Morgan fingerprint density at radius 1 is 1.37 bits per heavy atom. The average Bonchev–Trinajstić information content (AvgIpc) is 2.79. The van der Waals surface area contributed by atoms with E-state index in [1.807, 2.05) is 35.2 Å². The zero-order chi connectivity index (χ0) is 13.2. The van der Waals surface area contributed by atoms with Crippen molar-refractivity contribution < 1.29 is 9.90 Å². The van der Waals surface area contributed by atoms with Crippen LogP contribution in [0.1, 0.15) is 28.9 Å². The van der Waals surface area contributed by atoms with Crippen molar-refractivity contribution in [1.82, 2.24) is 4.90 Å². The second-order valence-electron chi connectivity index (χ2n) is 4.96. The van der Waals surface area contributed by atoms with Crippen LogP contribution in [-0.2, 0) is 0 Å². The van der Waals surface area contributed by atoms with Gasteiger partial charge in [0.25, 0.3) is 5.91 Å². The zero-order valence-corrected chi connectivity index (χ0v) is 11.5. The summed E-state index contributed by atoms with van der Waals surface area (Å²) < 4.78 is 1.14. The van der Waals surface area contributed by atoms with E-state index in [0.717, 1.165) is 27.8 Å². The summed E-state index contributed by atoms with van der Waals surface area (Å²) >= 11 is 1.54. The van der Waals surface area contributed by atoms with E-state index in [9.17, 15) is 4.79 Å². The van der Waals surface area contributed by atoms with Crippen LogP contribution < -0.4 is 0 Å². The molecule has 3 nitrogen and oxygen atoms in total. The number of rotatable bonds is 4. The van der Waals surface area contributed by atoms with Gasteiger partial charge in [0.1, 0.15) is 0 Å². The van der Waals surface area contributed by atoms with Crippen LogP contribution in [0, 0.1) is 0 Å².